The summed E-state index contributed by atoms with van der Waals surface area (Å²) in [4.78, 5) is 12.3. The molecule has 0 spiro atoms. The number of aryl methyl sites for hydroxylation is 1. The average Bonchev–Trinajstić information content (AvgIpc) is 2.64. The fraction of sp³-hybridized carbons (Fsp3) is 0.381. The zero-order chi connectivity index (χ0) is 18.5. The van der Waals surface area contributed by atoms with Crippen LogP contribution in [0.1, 0.15) is 49.1 Å². The zero-order valence-electron chi connectivity index (χ0n) is 15.3. The van der Waals surface area contributed by atoms with Crippen molar-refractivity contribution in [3.63, 3.8) is 0 Å². The molecule has 2 aromatic carbocycles. The van der Waals surface area contributed by atoms with E-state index in [4.69, 9.17) is 4.74 Å². The first-order valence-corrected chi connectivity index (χ1v) is 9.09. The Morgan fingerprint density at radius 2 is 1.77 bits per heavy atom. The third-order valence-electron chi connectivity index (χ3n) is 4.92. The third kappa shape index (κ3) is 4.34. The van der Waals surface area contributed by atoms with Gasteiger partial charge < -0.3 is 15.4 Å². The summed E-state index contributed by atoms with van der Waals surface area (Å²) in [5, 5.41) is 5.29. The predicted molar refractivity (Wildman–Crippen MR) is 103 cm³/mol. The number of nitrogens with one attached hydrogen (secondary N) is 2. The number of methoxy groups -OCH3 is 1. The van der Waals surface area contributed by atoms with Crippen molar-refractivity contribution in [3.05, 3.63) is 53.3 Å². The molecule has 0 radical (unpaired) electrons. The fourth-order valence-corrected chi connectivity index (χ4v) is 3.52. The number of hydrogen-bond donors (Lipinski definition) is 2. The molecule has 0 bridgehead atoms. The number of anilines is 2. The number of benzene rings is 2. The van der Waals surface area contributed by atoms with E-state index in [0.29, 0.717) is 17.4 Å². The molecule has 1 saturated carbocycles. The van der Waals surface area contributed by atoms with Crippen LogP contribution in [-0.2, 0) is 0 Å². The highest BCUT2D eigenvalue weighted by Gasteiger charge is 2.17. The van der Waals surface area contributed by atoms with Crippen LogP contribution in [0.5, 0.6) is 5.75 Å². The van der Waals surface area contributed by atoms with Gasteiger partial charge in [-0.05, 0) is 61.1 Å². The van der Waals surface area contributed by atoms with Crippen LogP contribution in [0.25, 0.3) is 0 Å². The second-order valence-electron chi connectivity index (χ2n) is 6.86. The van der Waals surface area contributed by atoms with Crippen LogP contribution in [0.4, 0.5) is 20.6 Å². The molecule has 5 heteroatoms. The molecule has 4 nitrogen and oxygen atoms in total. The maximum Gasteiger partial charge on any atom is 0.323 e. The van der Waals surface area contributed by atoms with E-state index < -0.39 is 11.8 Å². The Hall–Kier alpha value is -2.56. The van der Waals surface area contributed by atoms with Crippen LogP contribution < -0.4 is 15.4 Å². The minimum absolute atomic E-state index is 0.175. The molecule has 1 aliphatic rings. The van der Waals surface area contributed by atoms with E-state index in [1.54, 1.807) is 24.3 Å². The third-order valence-corrected chi connectivity index (χ3v) is 4.92. The van der Waals surface area contributed by atoms with Crippen molar-refractivity contribution in [2.75, 3.05) is 17.7 Å². The maximum absolute atomic E-state index is 14.4. The Morgan fingerprint density at radius 3 is 2.46 bits per heavy atom. The number of urea groups is 1. The van der Waals surface area contributed by atoms with Crippen molar-refractivity contribution in [1.82, 2.24) is 0 Å². The first-order valence-electron chi connectivity index (χ1n) is 9.09. The standard InChI is InChI=1S/C21H25FN2O2/c1-14-8-11-20(26-2)19(12-14)24-21(25)23-18-10-9-16(13-17(18)22)15-6-4-3-5-7-15/h8-13,15H,3-7H2,1-2H3,(H2,23,24,25). The molecule has 0 saturated heterocycles. The number of carbonyl (C=O) groups excluding carboxylic acids is 1. The van der Waals surface area contributed by atoms with E-state index >= 15 is 0 Å². The molecule has 0 heterocycles. The van der Waals surface area contributed by atoms with Gasteiger partial charge in [-0.1, -0.05) is 31.4 Å². The largest absolute Gasteiger partial charge is 0.495 e. The highest BCUT2D eigenvalue weighted by atomic mass is 19.1. The summed E-state index contributed by atoms with van der Waals surface area (Å²) < 4.78 is 19.7. The summed E-state index contributed by atoms with van der Waals surface area (Å²) in [6.07, 6.45) is 5.89. The lowest BCUT2D eigenvalue weighted by molar-refractivity contribution is 0.262. The van der Waals surface area contributed by atoms with Gasteiger partial charge in [0.25, 0.3) is 0 Å². The van der Waals surface area contributed by atoms with Crippen molar-refractivity contribution < 1.29 is 13.9 Å². The smallest absolute Gasteiger partial charge is 0.323 e. The van der Waals surface area contributed by atoms with Gasteiger partial charge in [0.05, 0.1) is 18.5 Å². The molecule has 0 unspecified atom stereocenters. The van der Waals surface area contributed by atoms with E-state index in [1.807, 2.05) is 19.1 Å². The molecule has 0 aromatic heterocycles. The molecule has 2 aromatic rings. The van der Waals surface area contributed by atoms with Crippen molar-refractivity contribution in [3.8, 4) is 5.75 Å². The summed E-state index contributed by atoms with van der Waals surface area (Å²) in [6.45, 7) is 1.92. The van der Waals surface area contributed by atoms with Crippen LogP contribution in [0.3, 0.4) is 0 Å². The minimum Gasteiger partial charge on any atom is -0.495 e. The Labute approximate surface area is 153 Å². The maximum atomic E-state index is 14.4. The van der Waals surface area contributed by atoms with Gasteiger partial charge in [-0.3, -0.25) is 0 Å². The van der Waals surface area contributed by atoms with Crippen molar-refractivity contribution in [2.45, 2.75) is 44.9 Å². The van der Waals surface area contributed by atoms with Gasteiger partial charge in [-0.25, -0.2) is 9.18 Å². The number of amides is 2. The van der Waals surface area contributed by atoms with E-state index in [0.717, 1.165) is 24.0 Å². The van der Waals surface area contributed by atoms with Gasteiger partial charge in [0.2, 0.25) is 0 Å². The van der Waals surface area contributed by atoms with Crippen LogP contribution in [0.2, 0.25) is 0 Å². The van der Waals surface area contributed by atoms with E-state index in [-0.39, 0.29) is 5.69 Å². The monoisotopic (exact) mass is 356 g/mol. The zero-order valence-corrected chi connectivity index (χ0v) is 15.3. The summed E-state index contributed by atoms with van der Waals surface area (Å²) in [7, 11) is 1.54. The molecule has 2 N–H and O–H groups in total. The normalized spacial score (nSPS) is 14.7. The predicted octanol–water partition coefficient (Wildman–Crippen LogP) is 5.83. The van der Waals surface area contributed by atoms with Crippen LogP contribution in [0, 0.1) is 12.7 Å². The number of hydrogen-bond acceptors (Lipinski definition) is 2. The van der Waals surface area contributed by atoms with Gasteiger partial charge in [0.1, 0.15) is 11.6 Å². The molecule has 0 aliphatic heterocycles. The SMILES string of the molecule is COc1ccc(C)cc1NC(=O)Nc1ccc(C2CCCCC2)cc1F. The van der Waals surface area contributed by atoms with Crippen LogP contribution in [0.15, 0.2) is 36.4 Å². The Kier molecular flexibility index (Phi) is 5.76. The first-order chi connectivity index (χ1) is 12.6. The summed E-state index contributed by atoms with van der Waals surface area (Å²) in [5.41, 5.74) is 2.73. The molecule has 0 atom stereocenters. The van der Waals surface area contributed by atoms with Crippen LogP contribution >= 0.6 is 0 Å². The molecular formula is C21H25FN2O2. The fourth-order valence-electron chi connectivity index (χ4n) is 3.52. The minimum atomic E-state index is -0.502. The van der Waals surface area contributed by atoms with E-state index in [1.165, 1.54) is 26.4 Å². The van der Waals surface area contributed by atoms with Crippen molar-refractivity contribution >= 4 is 17.4 Å². The summed E-state index contributed by atoms with van der Waals surface area (Å²) in [5.74, 6) is 0.580. The van der Waals surface area contributed by atoms with Gasteiger partial charge in [-0.15, -0.1) is 0 Å². The summed E-state index contributed by atoms with van der Waals surface area (Å²) >= 11 is 0. The summed E-state index contributed by atoms with van der Waals surface area (Å²) in [6, 6.07) is 10.1. The Balaban J connectivity index is 1.68. The Bertz CT molecular complexity index is 786. The highest BCUT2D eigenvalue weighted by Crippen LogP contribution is 2.34. The van der Waals surface area contributed by atoms with Crippen molar-refractivity contribution in [1.29, 1.82) is 0 Å². The molecule has 138 valence electrons. The van der Waals surface area contributed by atoms with Crippen LogP contribution in [-0.4, -0.2) is 13.1 Å². The van der Waals surface area contributed by atoms with Gasteiger partial charge >= 0.3 is 6.03 Å². The van der Waals surface area contributed by atoms with Crippen molar-refractivity contribution in [2.24, 2.45) is 0 Å². The topological polar surface area (TPSA) is 50.4 Å². The molecule has 3 rings (SSSR count). The Morgan fingerprint density at radius 1 is 1.04 bits per heavy atom. The van der Waals surface area contributed by atoms with E-state index in [9.17, 15) is 9.18 Å². The lowest BCUT2D eigenvalue weighted by Gasteiger charge is -2.22. The molecule has 2 amide bonds. The lowest BCUT2D eigenvalue weighted by Crippen LogP contribution is -2.20. The lowest BCUT2D eigenvalue weighted by atomic mass is 9.84. The van der Waals surface area contributed by atoms with E-state index in [2.05, 4.69) is 10.6 Å². The molecule has 26 heavy (non-hydrogen) atoms. The quantitative estimate of drug-likeness (QED) is 0.723. The number of rotatable bonds is 4. The highest BCUT2D eigenvalue weighted by molar-refractivity contribution is 6.00. The molecule has 1 aliphatic carbocycles. The van der Waals surface area contributed by atoms with Gasteiger partial charge in [0, 0.05) is 0 Å². The first kappa shape index (κ1) is 18.2. The average molecular weight is 356 g/mol. The van der Waals surface area contributed by atoms with Gasteiger partial charge in [-0.2, -0.15) is 0 Å². The molecule has 1 fully saturated rings. The second kappa shape index (κ2) is 8.21. The number of ether oxygens (including phenoxy) is 1. The number of halogens is 1. The number of carbonyl (C=O) groups is 1. The van der Waals surface area contributed by atoms with Gasteiger partial charge in [0.15, 0.2) is 0 Å². The second-order valence-corrected chi connectivity index (χ2v) is 6.86. The molecular weight excluding hydrogens is 331 g/mol.